The van der Waals surface area contributed by atoms with Crippen molar-refractivity contribution in [2.75, 3.05) is 0 Å². The maximum Gasteiger partial charge on any atom is 0.0744 e. The summed E-state index contributed by atoms with van der Waals surface area (Å²) in [5.74, 6) is 3.88. The fraction of sp³-hybridized carbons (Fsp3) is 0. The molecule has 2 N–H and O–H groups in total. The standard InChI is InChI=1S/C17H14N2OS/c1-21(20)16-8-3-2-5-13(16)11-15(19-21)14-7-4-6-12-9-10-18-17(12)14/h2-11,18H,1H2,(H,19,20). The van der Waals surface area contributed by atoms with Gasteiger partial charge in [-0.25, -0.2) is 4.21 Å². The average molecular weight is 294 g/mol. The molecule has 3 nitrogen and oxygen atoms in total. The highest BCUT2D eigenvalue weighted by atomic mass is 32.2. The van der Waals surface area contributed by atoms with Crippen LogP contribution in [-0.4, -0.2) is 15.1 Å². The van der Waals surface area contributed by atoms with E-state index < -0.39 is 9.71 Å². The fourth-order valence-electron chi connectivity index (χ4n) is 2.76. The van der Waals surface area contributed by atoms with Crippen molar-refractivity contribution >= 4 is 38.3 Å². The lowest BCUT2D eigenvalue weighted by molar-refractivity contribution is 0.677. The predicted octanol–water partition coefficient (Wildman–Crippen LogP) is 3.26. The van der Waals surface area contributed by atoms with Gasteiger partial charge in [-0.2, -0.15) is 0 Å². The van der Waals surface area contributed by atoms with Gasteiger partial charge >= 0.3 is 0 Å². The van der Waals surface area contributed by atoms with E-state index in [1.807, 2.05) is 60.8 Å². The molecule has 1 aliphatic rings. The van der Waals surface area contributed by atoms with Crippen LogP contribution in [0.25, 0.3) is 22.7 Å². The zero-order valence-corrected chi connectivity index (χ0v) is 12.1. The molecule has 0 spiro atoms. The lowest BCUT2D eigenvalue weighted by atomic mass is 10.1. The second-order valence-corrected chi connectivity index (χ2v) is 7.12. The van der Waals surface area contributed by atoms with Crippen molar-refractivity contribution in [3.8, 4) is 0 Å². The molecule has 0 bridgehead atoms. The molecule has 0 amide bonds. The number of benzene rings is 2. The largest absolute Gasteiger partial charge is 0.361 e. The van der Waals surface area contributed by atoms with Gasteiger partial charge in [-0.1, -0.05) is 36.4 Å². The Morgan fingerprint density at radius 1 is 1.00 bits per heavy atom. The monoisotopic (exact) mass is 294 g/mol. The Hall–Kier alpha value is -2.46. The van der Waals surface area contributed by atoms with E-state index >= 15 is 0 Å². The lowest BCUT2D eigenvalue weighted by Gasteiger charge is -2.23. The highest BCUT2D eigenvalue weighted by molar-refractivity contribution is 7.99. The first-order valence-corrected chi connectivity index (χ1v) is 8.40. The average Bonchev–Trinajstić information content (AvgIpc) is 2.95. The topological polar surface area (TPSA) is 44.9 Å². The normalized spacial score (nSPS) is 20.7. The van der Waals surface area contributed by atoms with E-state index in [-0.39, 0.29) is 0 Å². The van der Waals surface area contributed by atoms with Gasteiger partial charge in [-0.15, -0.1) is 0 Å². The van der Waals surface area contributed by atoms with Crippen molar-refractivity contribution in [3.63, 3.8) is 0 Å². The molecule has 3 aromatic rings. The molecule has 2 aromatic carbocycles. The predicted molar refractivity (Wildman–Crippen MR) is 89.3 cm³/mol. The van der Waals surface area contributed by atoms with Gasteiger partial charge in [0.25, 0.3) is 0 Å². The van der Waals surface area contributed by atoms with Gasteiger partial charge in [0.05, 0.1) is 25.8 Å². The van der Waals surface area contributed by atoms with Crippen LogP contribution in [0.15, 0.2) is 59.6 Å². The van der Waals surface area contributed by atoms with Gasteiger partial charge in [-0.3, -0.25) is 0 Å². The first-order valence-electron chi connectivity index (χ1n) is 6.67. The second-order valence-electron chi connectivity index (χ2n) is 5.12. The third-order valence-corrected chi connectivity index (χ3v) is 5.36. The summed E-state index contributed by atoms with van der Waals surface area (Å²) < 4.78 is 15.9. The number of hydrogen-bond acceptors (Lipinski definition) is 1. The fourth-order valence-corrected chi connectivity index (χ4v) is 4.20. The van der Waals surface area contributed by atoms with Gasteiger partial charge in [0.1, 0.15) is 0 Å². The van der Waals surface area contributed by atoms with Gasteiger partial charge in [0, 0.05) is 17.1 Å². The maximum absolute atomic E-state index is 12.8. The summed E-state index contributed by atoms with van der Waals surface area (Å²) in [6.45, 7) is 0. The van der Waals surface area contributed by atoms with Crippen LogP contribution in [-0.2, 0) is 9.71 Å². The molecule has 21 heavy (non-hydrogen) atoms. The molecule has 0 fully saturated rings. The number of aromatic amines is 1. The summed E-state index contributed by atoms with van der Waals surface area (Å²) in [7, 11) is -2.52. The summed E-state index contributed by atoms with van der Waals surface area (Å²) >= 11 is 0. The summed E-state index contributed by atoms with van der Waals surface area (Å²) in [4.78, 5) is 4.00. The minimum absolute atomic E-state index is 0.757. The van der Waals surface area contributed by atoms with Crippen LogP contribution in [0.2, 0.25) is 0 Å². The Labute approximate surface area is 123 Å². The molecule has 0 aliphatic carbocycles. The molecule has 4 rings (SSSR count). The van der Waals surface area contributed by atoms with Crippen molar-refractivity contribution in [1.29, 1.82) is 0 Å². The quantitative estimate of drug-likeness (QED) is 0.665. The van der Waals surface area contributed by atoms with Crippen LogP contribution >= 0.6 is 0 Å². The molecule has 1 unspecified atom stereocenters. The Bertz CT molecular complexity index is 981. The lowest BCUT2D eigenvalue weighted by Crippen LogP contribution is -2.26. The second kappa shape index (κ2) is 4.27. The number of para-hydroxylation sites is 1. The molecular weight excluding hydrogens is 280 g/mol. The van der Waals surface area contributed by atoms with Crippen molar-refractivity contribution in [2.45, 2.75) is 4.90 Å². The van der Waals surface area contributed by atoms with Crippen molar-refractivity contribution in [3.05, 3.63) is 65.9 Å². The van der Waals surface area contributed by atoms with Crippen molar-refractivity contribution in [1.82, 2.24) is 9.71 Å². The molecule has 0 saturated carbocycles. The summed E-state index contributed by atoms with van der Waals surface area (Å²) in [6.07, 6.45) is 3.94. The van der Waals surface area contributed by atoms with Crippen LogP contribution in [0.1, 0.15) is 11.1 Å². The Kier molecular flexibility index (Phi) is 2.50. The minimum atomic E-state index is -2.52. The SMILES string of the molecule is C=S1(=O)NC(c2cccc3cc[nH]c23)=Cc2ccccc21. The van der Waals surface area contributed by atoms with E-state index in [1.54, 1.807) is 0 Å². The molecular formula is C17H14N2OS. The summed E-state index contributed by atoms with van der Waals surface area (Å²) in [5.41, 5.74) is 3.82. The molecule has 0 radical (unpaired) electrons. The Morgan fingerprint density at radius 2 is 1.86 bits per heavy atom. The van der Waals surface area contributed by atoms with E-state index in [0.29, 0.717) is 0 Å². The molecule has 1 aliphatic heterocycles. The first-order chi connectivity index (χ1) is 10.1. The first kappa shape index (κ1) is 12.3. The highest BCUT2D eigenvalue weighted by Crippen LogP contribution is 2.30. The molecule has 0 saturated heterocycles. The third kappa shape index (κ3) is 1.87. The van der Waals surface area contributed by atoms with Crippen LogP contribution in [0, 0.1) is 0 Å². The Balaban J connectivity index is 1.99. The van der Waals surface area contributed by atoms with E-state index in [2.05, 4.69) is 15.6 Å². The van der Waals surface area contributed by atoms with Crippen LogP contribution in [0.3, 0.4) is 0 Å². The van der Waals surface area contributed by atoms with E-state index in [0.717, 1.165) is 32.6 Å². The number of H-pyrrole nitrogens is 1. The minimum Gasteiger partial charge on any atom is -0.361 e. The zero-order chi connectivity index (χ0) is 14.4. The highest BCUT2D eigenvalue weighted by Gasteiger charge is 2.20. The number of hydrogen-bond donors (Lipinski definition) is 2. The van der Waals surface area contributed by atoms with Crippen LogP contribution in [0.4, 0.5) is 0 Å². The summed E-state index contributed by atoms with van der Waals surface area (Å²) in [5, 5.41) is 1.13. The van der Waals surface area contributed by atoms with E-state index in [1.165, 1.54) is 0 Å². The van der Waals surface area contributed by atoms with E-state index in [9.17, 15) is 4.21 Å². The smallest absolute Gasteiger partial charge is 0.0744 e. The van der Waals surface area contributed by atoms with Gasteiger partial charge in [0.2, 0.25) is 0 Å². The number of nitrogens with one attached hydrogen (secondary N) is 2. The van der Waals surface area contributed by atoms with Gasteiger partial charge < -0.3 is 9.71 Å². The van der Waals surface area contributed by atoms with Crippen LogP contribution in [0.5, 0.6) is 0 Å². The third-order valence-electron chi connectivity index (χ3n) is 3.73. The van der Waals surface area contributed by atoms with Gasteiger partial charge in [-0.05, 0) is 29.6 Å². The number of rotatable bonds is 1. The van der Waals surface area contributed by atoms with Gasteiger partial charge in [0.15, 0.2) is 0 Å². The summed E-state index contributed by atoms with van der Waals surface area (Å²) in [6, 6.07) is 15.8. The molecule has 1 atom stereocenters. The number of fused-ring (bicyclic) bond motifs is 2. The van der Waals surface area contributed by atoms with E-state index in [4.69, 9.17) is 0 Å². The molecule has 4 heteroatoms. The van der Waals surface area contributed by atoms with Crippen molar-refractivity contribution < 1.29 is 4.21 Å². The molecule has 1 aromatic heterocycles. The maximum atomic E-state index is 12.8. The molecule has 104 valence electrons. The zero-order valence-electron chi connectivity index (χ0n) is 11.3. The van der Waals surface area contributed by atoms with Crippen LogP contribution < -0.4 is 4.72 Å². The Morgan fingerprint density at radius 3 is 2.76 bits per heavy atom. The number of aromatic nitrogens is 1. The van der Waals surface area contributed by atoms with Crippen molar-refractivity contribution in [2.24, 2.45) is 0 Å². The molecule has 2 heterocycles.